The van der Waals surface area contributed by atoms with E-state index in [-0.39, 0.29) is 11.9 Å². The SMILES string of the molecule is CCc1cc(O)ccc1C1CCC2C(C1)NNC2c1ncc(C2=CCN(CC(=O)NC)C2)[nH]1. The molecule has 1 saturated heterocycles. The summed E-state index contributed by atoms with van der Waals surface area (Å²) in [5, 5.41) is 12.6. The number of phenols is 1. The molecule has 5 N–H and O–H groups in total. The quantitative estimate of drug-likeness (QED) is 0.462. The van der Waals surface area contributed by atoms with Crippen LogP contribution in [0.15, 0.2) is 30.5 Å². The van der Waals surface area contributed by atoms with Crippen LogP contribution in [0.25, 0.3) is 5.57 Å². The van der Waals surface area contributed by atoms with Gasteiger partial charge in [-0.2, -0.15) is 0 Å². The molecule has 5 rings (SSSR count). The van der Waals surface area contributed by atoms with E-state index >= 15 is 0 Å². The first kappa shape index (κ1) is 22.1. The summed E-state index contributed by atoms with van der Waals surface area (Å²) in [5.74, 6) is 2.37. The molecule has 3 aliphatic rings. The summed E-state index contributed by atoms with van der Waals surface area (Å²) in [4.78, 5) is 22.1. The second kappa shape index (κ2) is 9.29. The number of hydrogen-bond acceptors (Lipinski definition) is 6. The lowest BCUT2D eigenvalue weighted by Gasteiger charge is -2.33. The Labute approximate surface area is 194 Å². The van der Waals surface area contributed by atoms with E-state index in [4.69, 9.17) is 4.98 Å². The van der Waals surface area contributed by atoms with E-state index in [2.05, 4.69) is 45.1 Å². The topological polar surface area (TPSA) is 105 Å². The van der Waals surface area contributed by atoms with Crippen molar-refractivity contribution in [2.75, 3.05) is 26.7 Å². The second-order valence-corrected chi connectivity index (χ2v) is 9.54. The number of H-pyrrole nitrogens is 1. The maximum Gasteiger partial charge on any atom is 0.233 e. The van der Waals surface area contributed by atoms with E-state index < -0.39 is 0 Å². The number of benzene rings is 1. The van der Waals surface area contributed by atoms with E-state index in [1.165, 1.54) is 16.7 Å². The molecule has 1 amide bonds. The Morgan fingerprint density at radius 1 is 1.30 bits per heavy atom. The summed E-state index contributed by atoms with van der Waals surface area (Å²) in [5.41, 5.74) is 11.9. The van der Waals surface area contributed by atoms with Gasteiger partial charge in [-0.25, -0.2) is 10.4 Å². The van der Waals surface area contributed by atoms with Gasteiger partial charge in [-0.3, -0.25) is 15.1 Å². The average Bonchev–Trinajstić information content (AvgIpc) is 3.57. The number of carbonyl (C=O) groups excluding carboxylic acids is 1. The van der Waals surface area contributed by atoms with Crippen LogP contribution in [0.5, 0.6) is 5.75 Å². The highest BCUT2D eigenvalue weighted by Gasteiger charge is 2.42. The first-order valence-electron chi connectivity index (χ1n) is 12.1. The van der Waals surface area contributed by atoms with E-state index in [0.717, 1.165) is 50.3 Å². The normalized spacial score (nSPS) is 27.4. The summed E-state index contributed by atoms with van der Waals surface area (Å²) in [7, 11) is 1.67. The van der Waals surface area contributed by atoms with Gasteiger partial charge in [0.05, 0.1) is 24.5 Å². The van der Waals surface area contributed by atoms with Crippen LogP contribution in [0, 0.1) is 5.92 Å². The number of nitrogens with one attached hydrogen (secondary N) is 4. The van der Waals surface area contributed by atoms with Gasteiger partial charge in [0.2, 0.25) is 5.91 Å². The Kier molecular flexibility index (Phi) is 6.23. The number of amides is 1. The molecule has 4 atom stereocenters. The zero-order valence-corrected chi connectivity index (χ0v) is 19.4. The number of aromatic hydroxyl groups is 1. The predicted molar refractivity (Wildman–Crippen MR) is 127 cm³/mol. The van der Waals surface area contributed by atoms with Crippen molar-refractivity contribution in [3.63, 3.8) is 0 Å². The molecule has 2 fully saturated rings. The fourth-order valence-corrected chi connectivity index (χ4v) is 5.78. The van der Waals surface area contributed by atoms with Crippen LogP contribution >= 0.6 is 0 Å². The lowest BCUT2D eigenvalue weighted by molar-refractivity contribution is -0.121. The standard InChI is InChI=1S/C25H34N6O2/c1-3-15-10-18(32)5-7-19(15)16-4-6-20-21(11-16)29-30-24(20)25-27-12-22(28-25)17-8-9-31(13-17)14-23(33)26-2/h5,7-8,10,12,16,20-21,24,29-30,32H,3-4,6,9,11,13-14H2,1-2H3,(H,26,33)(H,27,28). The van der Waals surface area contributed by atoms with Crippen LogP contribution in [0.4, 0.5) is 0 Å². The van der Waals surface area contributed by atoms with Gasteiger partial charge in [0, 0.05) is 26.2 Å². The minimum atomic E-state index is 0.0381. The molecular weight excluding hydrogens is 416 g/mol. The van der Waals surface area contributed by atoms with Crippen molar-refractivity contribution in [3.8, 4) is 5.75 Å². The number of aromatic amines is 1. The van der Waals surface area contributed by atoms with Crippen LogP contribution < -0.4 is 16.2 Å². The number of aryl methyl sites for hydroxylation is 1. The molecular formula is C25H34N6O2. The van der Waals surface area contributed by atoms with Gasteiger partial charge in [-0.05, 0) is 66.4 Å². The van der Waals surface area contributed by atoms with Crippen molar-refractivity contribution in [1.82, 2.24) is 31.0 Å². The Hall–Kier alpha value is -2.68. The molecule has 1 aliphatic carbocycles. The molecule has 8 nitrogen and oxygen atoms in total. The third kappa shape index (κ3) is 4.43. The lowest BCUT2D eigenvalue weighted by atomic mass is 9.73. The summed E-state index contributed by atoms with van der Waals surface area (Å²) in [6.07, 6.45) is 8.40. The molecule has 1 aromatic heterocycles. The van der Waals surface area contributed by atoms with Crippen molar-refractivity contribution in [3.05, 3.63) is 53.1 Å². The summed E-state index contributed by atoms with van der Waals surface area (Å²) in [6, 6.07) is 6.42. The number of hydrogen-bond donors (Lipinski definition) is 5. The van der Waals surface area contributed by atoms with Crippen molar-refractivity contribution < 1.29 is 9.90 Å². The summed E-state index contributed by atoms with van der Waals surface area (Å²) in [6.45, 7) is 4.10. The van der Waals surface area contributed by atoms with Crippen molar-refractivity contribution in [1.29, 1.82) is 0 Å². The van der Waals surface area contributed by atoms with Gasteiger partial charge in [0.15, 0.2) is 0 Å². The number of hydrazine groups is 1. The molecule has 0 spiro atoms. The molecule has 1 saturated carbocycles. The highest BCUT2D eigenvalue weighted by atomic mass is 16.3. The van der Waals surface area contributed by atoms with Crippen molar-refractivity contribution >= 4 is 11.5 Å². The Bertz CT molecular complexity index is 1050. The largest absolute Gasteiger partial charge is 0.508 e. The lowest BCUT2D eigenvalue weighted by Crippen LogP contribution is -2.35. The molecule has 33 heavy (non-hydrogen) atoms. The van der Waals surface area contributed by atoms with Crippen LogP contribution in [-0.4, -0.2) is 58.6 Å². The van der Waals surface area contributed by atoms with Crippen LogP contribution in [0.2, 0.25) is 0 Å². The highest BCUT2D eigenvalue weighted by molar-refractivity contribution is 5.78. The molecule has 2 aromatic rings. The number of rotatable bonds is 6. The van der Waals surface area contributed by atoms with E-state index in [9.17, 15) is 9.90 Å². The van der Waals surface area contributed by atoms with Crippen LogP contribution in [0.1, 0.15) is 60.8 Å². The highest BCUT2D eigenvalue weighted by Crippen LogP contribution is 2.44. The number of carbonyl (C=O) groups is 1. The van der Waals surface area contributed by atoms with Crippen LogP contribution in [-0.2, 0) is 11.2 Å². The average molecular weight is 451 g/mol. The fourth-order valence-electron chi connectivity index (χ4n) is 5.78. The Morgan fingerprint density at radius 2 is 2.18 bits per heavy atom. The van der Waals surface area contributed by atoms with E-state index in [0.29, 0.717) is 30.2 Å². The first-order valence-corrected chi connectivity index (χ1v) is 12.1. The maximum absolute atomic E-state index is 11.7. The van der Waals surface area contributed by atoms with Gasteiger partial charge in [0.25, 0.3) is 0 Å². The summed E-state index contributed by atoms with van der Waals surface area (Å²) >= 11 is 0. The number of nitrogens with zero attached hydrogens (tertiary/aromatic N) is 2. The van der Waals surface area contributed by atoms with Gasteiger partial charge in [-0.15, -0.1) is 0 Å². The number of likely N-dealkylation sites (N-methyl/N-ethyl adjacent to an activating group) is 1. The molecule has 0 bridgehead atoms. The number of imidazole rings is 1. The maximum atomic E-state index is 11.7. The minimum absolute atomic E-state index is 0.0381. The zero-order chi connectivity index (χ0) is 22.9. The fraction of sp³-hybridized carbons (Fsp3) is 0.520. The third-order valence-corrected chi connectivity index (χ3v) is 7.58. The molecule has 4 unspecified atom stereocenters. The van der Waals surface area contributed by atoms with Gasteiger partial charge in [0.1, 0.15) is 11.6 Å². The smallest absolute Gasteiger partial charge is 0.233 e. The van der Waals surface area contributed by atoms with Crippen molar-refractivity contribution in [2.45, 2.75) is 50.6 Å². The second-order valence-electron chi connectivity index (χ2n) is 9.54. The van der Waals surface area contributed by atoms with Gasteiger partial charge >= 0.3 is 0 Å². The zero-order valence-electron chi connectivity index (χ0n) is 19.4. The monoisotopic (exact) mass is 450 g/mol. The molecule has 8 heteroatoms. The van der Waals surface area contributed by atoms with Gasteiger partial charge < -0.3 is 15.4 Å². The Balaban J connectivity index is 1.23. The van der Waals surface area contributed by atoms with Crippen LogP contribution in [0.3, 0.4) is 0 Å². The van der Waals surface area contributed by atoms with E-state index in [1.54, 1.807) is 7.05 Å². The molecule has 2 aliphatic heterocycles. The number of fused-ring (bicyclic) bond motifs is 1. The molecule has 0 radical (unpaired) electrons. The number of aromatic nitrogens is 2. The predicted octanol–water partition coefficient (Wildman–Crippen LogP) is 2.22. The van der Waals surface area contributed by atoms with Gasteiger partial charge in [-0.1, -0.05) is 19.1 Å². The molecule has 3 heterocycles. The summed E-state index contributed by atoms with van der Waals surface area (Å²) < 4.78 is 0. The number of phenolic OH excluding ortho intramolecular Hbond substituents is 1. The molecule has 1 aromatic carbocycles. The minimum Gasteiger partial charge on any atom is -0.508 e. The Morgan fingerprint density at radius 3 is 3.00 bits per heavy atom. The van der Waals surface area contributed by atoms with E-state index in [1.807, 2.05) is 18.3 Å². The molecule has 176 valence electrons. The first-order chi connectivity index (χ1) is 16.1. The van der Waals surface area contributed by atoms with Crippen molar-refractivity contribution in [2.24, 2.45) is 5.92 Å². The third-order valence-electron chi connectivity index (χ3n) is 7.58.